The summed E-state index contributed by atoms with van der Waals surface area (Å²) in [5.41, 5.74) is -0.217. The number of carbonyl (C=O) groups excluding carboxylic acids is 2. The molecular formula is C19H19NO4. The highest BCUT2D eigenvalue weighted by molar-refractivity contribution is 6.08. The number of hydrogen-bond donors (Lipinski definition) is 1. The number of carboxylic acid groups (broad SMARTS) is 1. The molecule has 24 heavy (non-hydrogen) atoms. The minimum absolute atomic E-state index is 0.0870. The second-order valence-electron chi connectivity index (χ2n) is 6.51. The smallest absolute Gasteiger partial charge is 0.303 e. The fourth-order valence-corrected chi connectivity index (χ4v) is 3.29. The number of aliphatic carboxylic acids is 1. The van der Waals surface area contributed by atoms with E-state index in [1.165, 1.54) is 0 Å². The number of nitrogens with zero attached hydrogens (tertiary/aromatic N) is 1. The van der Waals surface area contributed by atoms with E-state index in [2.05, 4.69) is 4.99 Å². The average molecular weight is 325 g/mol. The van der Waals surface area contributed by atoms with Gasteiger partial charge >= 0.3 is 5.97 Å². The van der Waals surface area contributed by atoms with Crippen molar-refractivity contribution < 1.29 is 19.5 Å². The Kier molecular flexibility index (Phi) is 4.42. The molecule has 1 aliphatic heterocycles. The van der Waals surface area contributed by atoms with Gasteiger partial charge in [-0.2, -0.15) is 0 Å². The van der Waals surface area contributed by atoms with Gasteiger partial charge in [-0.15, -0.1) is 0 Å². The Morgan fingerprint density at radius 1 is 1.29 bits per heavy atom. The number of Topliss-reactive ketones (excluding diaryl/α,β-unsaturated/α-hetero) is 1. The first-order valence-electron chi connectivity index (χ1n) is 8.10. The van der Waals surface area contributed by atoms with Crippen LogP contribution in [0.15, 0.2) is 41.4 Å². The van der Waals surface area contributed by atoms with Gasteiger partial charge in [-0.1, -0.05) is 37.1 Å². The van der Waals surface area contributed by atoms with E-state index < -0.39 is 11.5 Å². The van der Waals surface area contributed by atoms with Gasteiger partial charge < -0.3 is 5.11 Å². The number of rotatable bonds is 8. The number of benzene rings is 1. The van der Waals surface area contributed by atoms with Gasteiger partial charge in [-0.25, -0.2) is 0 Å². The Morgan fingerprint density at radius 2 is 2.00 bits per heavy atom. The molecule has 1 fully saturated rings. The van der Waals surface area contributed by atoms with Gasteiger partial charge in [-0.05, 0) is 24.5 Å². The summed E-state index contributed by atoms with van der Waals surface area (Å²) in [6, 6.07) is 6.38. The van der Waals surface area contributed by atoms with E-state index in [0.29, 0.717) is 23.5 Å². The largest absolute Gasteiger partial charge is 0.481 e. The third-order valence-corrected chi connectivity index (χ3v) is 4.76. The molecule has 0 bridgehead atoms. The highest BCUT2D eigenvalue weighted by atomic mass is 16.4. The summed E-state index contributed by atoms with van der Waals surface area (Å²) in [4.78, 5) is 39.7. The van der Waals surface area contributed by atoms with Crippen LogP contribution in [0.25, 0.3) is 0 Å². The van der Waals surface area contributed by atoms with E-state index in [1.807, 2.05) is 0 Å². The molecule has 124 valence electrons. The second-order valence-corrected chi connectivity index (χ2v) is 6.51. The van der Waals surface area contributed by atoms with E-state index in [1.54, 1.807) is 42.6 Å². The molecule has 1 saturated carbocycles. The predicted octanol–water partition coefficient (Wildman–Crippen LogP) is 2.95. The summed E-state index contributed by atoms with van der Waals surface area (Å²) >= 11 is 0. The molecular weight excluding hydrogens is 306 g/mol. The lowest BCUT2D eigenvalue weighted by atomic mass is 9.74. The Balaban J connectivity index is 1.94. The van der Waals surface area contributed by atoms with Crippen molar-refractivity contribution in [1.29, 1.82) is 0 Å². The van der Waals surface area contributed by atoms with E-state index >= 15 is 0 Å². The lowest BCUT2D eigenvalue weighted by molar-refractivity contribution is -0.138. The normalized spacial score (nSPS) is 23.2. The molecule has 1 aromatic carbocycles. The van der Waals surface area contributed by atoms with Gasteiger partial charge in [-0.3, -0.25) is 19.4 Å². The second kappa shape index (κ2) is 6.51. The maximum atomic E-state index is 13.1. The number of hydrogen-bond acceptors (Lipinski definition) is 4. The van der Waals surface area contributed by atoms with Crippen molar-refractivity contribution in [1.82, 2.24) is 0 Å². The first-order chi connectivity index (χ1) is 11.5. The van der Waals surface area contributed by atoms with E-state index in [-0.39, 0.29) is 18.1 Å². The highest BCUT2D eigenvalue weighted by Gasteiger charge is 2.47. The molecule has 0 aromatic heterocycles. The maximum absolute atomic E-state index is 13.1. The summed E-state index contributed by atoms with van der Waals surface area (Å²) < 4.78 is 0. The zero-order valence-corrected chi connectivity index (χ0v) is 13.2. The van der Waals surface area contributed by atoms with Gasteiger partial charge in [0, 0.05) is 23.3 Å². The molecule has 1 aromatic rings. The van der Waals surface area contributed by atoms with Crippen molar-refractivity contribution in [3.05, 3.63) is 47.5 Å². The fourth-order valence-electron chi connectivity index (χ4n) is 3.29. The van der Waals surface area contributed by atoms with Gasteiger partial charge in [0.2, 0.25) is 0 Å². The third kappa shape index (κ3) is 3.20. The minimum atomic E-state index is -1.15. The molecule has 0 amide bonds. The summed E-state index contributed by atoms with van der Waals surface area (Å²) in [5, 5.41) is 9.29. The molecule has 1 aliphatic carbocycles. The molecule has 1 heterocycles. The number of aldehydes is 1. The molecule has 0 radical (unpaired) electrons. The Bertz CT molecular complexity index is 701. The standard InChI is InChI=1S/C19H19NO4/c21-12-14-4-6-15(7-5-14)18(24)19(8-1-9-20-19)16(11-17(22)23)10-13-2-3-13/h1,4-9,12-13,16H,2-3,10-11H2,(H,22,23). The van der Waals surface area contributed by atoms with Crippen LogP contribution in [-0.2, 0) is 4.79 Å². The first-order valence-corrected chi connectivity index (χ1v) is 8.10. The minimum Gasteiger partial charge on any atom is -0.481 e. The van der Waals surface area contributed by atoms with Crippen LogP contribution in [-0.4, -0.2) is 34.9 Å². The molecule has 2 atom stereocenters. The number of carboxylic acids is 1. The van der Waals surface area contributed by atoms with E-state index in [4.69, 9.17) is 0 Å². The van der Waals surface area contributed by atoms with E-state index in [0.717, 1.165) is 19.1 Å². The van der Waals surface area contributed by atoms with Crippen molar-refractivity contribution >= 4 is 24.3 Å². The zero-order chi connectivity index (χ0) is 17.2. The van der Waals surface area contributed by atoms with Crippen LogP contribution in [0.1, 0.15) is 46.4 Å². The SMILES string of the molecule is O=Cc1ccc(C(=O)C2(C(CC(=O)O)CC3CC3)C=CC=N2)cc1. The van der Waals surface area contributed by atoms with Gasteiger partial charge in [0.25, 0.3) is 0 Å². The summed E-state index contributed by atoms with van der Waals surface area (Å²) in [5.74, 6) is -1.01. The Labute approximate surface area is 140 Å². The quantitative estimate of drug-likeness (QED) is 0.588. The van der Waals surface area contributed by atoms with Crippen molar-refractivity contribution in [3.8, 4) is 0 Å². The number of ketones is 1. The lowest BCUT2D eigenvalue weighted by Gasteiger charge is -2.31. The zero-order valence-electron chi connectivity index (χ0n) is 13.2. The molecule has 1 N–H and O–H groups in total. The monoisotopic (exact) mass is 325 g/mol. The van der Waals surface area contributed by atoms with Crippen LogP contribution >= 0.6 is 0 Å². The van der Waals surface area contributed by atoms with Crippen molar-refractivity contribution in [2.75, 3.05) is 0 Å². The van der Waals surface area contributed by atoms with Gasteiger partial charge in [0.05, 0.1) is 6.42 Å². The average Bonchev–Trinajstić information content (AvgIpc) is 3.26. The fraction of sp³-hybridized carbons (Fsp3) is 0.368. The lowest BCUT2D eigenvalue weighted by Crippen LogP contribution is -2.43. The van der Waals surface area contributed by atoms with Crippen LogP contribution in [0.4, 0.5) is 0 Å². The molecule has 2 aliphatic rings. The highest BCUT2D eigenvalue weighted by Crippen LogP contribution is 2.43. The van der Waals surface area contributed by atoms with Crippen LogP contribution in [0.2, 0.25) is 0 Å². The summed E-state index contributed by atoms with van der Waals surface area (Å²) in [6.07, 6.45) is 8.49. The first kappa shape index (κ1) is 16.3. The van der Waals surface area contributed by atoms with Gasteiger partial charge in [0.1, 0.15) is 11.8 Å². The van der Waals surface area contributed by atoms with Crippen molar-refractivity contribution in [2.24, 2.45) is 16.8 Å². The van der Waals surface area contributed by atoms with Crippen LogP contribution in [0.5, 0.6) is 0 Å². The number of allylic oxidation sites excluding steroid dienone is 1. The summed E-state index contributed by atoms with van der Waals surface area (Å²) in [6.45, 7) is 0. The van der Waals surface area contributed by atoms with Crippen molar-refractivity contribution in [3.63, 3.8) is 0 Å². The van der Waals surface area contributed by atoms with Crippen LogP contribution in [0.3, 0.4) is 0 Å². The van der Waals surface area contributed by atoms with Crippen LogP contribution in [0, 0.1) is 11.8 Å². The Hall–Kier alpha value is -2.56. The molecule has 0 saturated heterocycles. The topological polar surface area (TPSA) is 83.8 Å². The molecule has 5 nitrogen and oxygen atoms in total. The molecule has 0 spiro atoms. The molecule has 3 rings (SSSR count). The summed E-state index contributed by atoms with van der Waals surface area (Å²) in [7, 11) is 0. The predicted molar refractivity (Wildman–Crippen MR) is 89.6 cm³/mol. The molecule has 2 unspecified atom stereocenters. The maximum Gasteiger partial charge on any atom is 0.303 e. The number of carbonyl (C=O) groups is 3. The Morgan fingerprint density at radius 3 is 2.50 bits per heavy atom. The van der Waals surface area contributed by atoms with Gasteiger partial charge in [0.15, 0.2) is 5.78 Å². The third-order valence-electron chi connectivity index (χ3n) is 4.76. The molecule has 5 heteroatoms. The van der Waals surface area contributed by atoms with E-state index in [9.17, 15) is 19.5 Å². The van der Waals surface area contributed by atoms with Crippen LogP contribution < -0.4 is 0 Å². The number of aliphatic imine (C=N–C) groups is 1. The van der Waals surface area contributed by atoms with Crippen molar-refractivity contribution in [2.45, 2.75) is 31.2 Å².